The molecule has 0 aliphatic rings. The monoisotopic (exact) mass is 247 g/mol. The van der Waals surface area contributed by atoms with Crippen LogP contribution in [0.15, 0.2) is 41.1 Å². The normalized spacial score (nSPS) is 9.88. The quantitative estimate of drug-likeness (QED) is 0.804. The maximum absolute atomic E-state index is 11.6. The molecule has 17 heavy (non-hydrogen) atoms. The van der Waals surface area contributed by atoms with Crippen LogP contribution in [0.25, 0.3) is 0 Å². The van der Waals surface area contributed by atoms with Crippen molar-refractivity contribution in [1.29, 1.82) is 0 Å². The van der Waals surface area contributed by atoms with Gasteiger partial charge in [-0.15, -0.1) is 0 Å². The Labute approximate surface area is 103 Å². The van der Waals surface area contributed by atoms with Crippen molar-refractivity contribution in [3.63, 3.8) is 0 Å². The second-order valence-corrected chi connectivity index (χ2v) is 3.72. The summed E-state index contributed by atoms with van der Waals surface area (Å²) in [5, 5.41) is 6.20. The van der Waals surface area contributed by atoms with Crippen molar-refractivity contribution in [2.24, 2.45) is 5.73 Å². The van der Waals surface area contributed by atoms with E-state index in [1.807, 2.05) is 0 Å². The summed E-state index contributed by atoms with van der Waals surface area (Å²) in [6.07, 6.45) is 1.34. The molecule has 0 spiro atoms. The average Bonchev–Trinajstić information content (AvgIpc) is 2.83. The topological polar surface area (TPSA) is 81.1 Å². The number of hydrogen-bond donors (Lipinski definition) is 2. The number of carbonyl (C=O) groups excluding carboxylic acids is 1. The molecule has 1 aromatic carbocycles. The molecule has 0 fully saturated rings. The number of nitrogens with one attached hydrogen (secondary N) is 1. The van der Waals surface area contributed by atoms with Crippen LogP contribution in [0.5, 0.6) is 0 Å². The van der Waals surface area contributed by atoms with Gasteiger partial charge in [-0.05, 0) is 24.3 Å². The fourth-order valence-corrected chi connectivity index (χ4v) is 1.38. The number of nitrogens with two attached hydrogens (primary N) is 1. The molecule has 0 saturated carbocycles. The van der Waals surface area contributed by atoms with E-state index < -0.39 is 0 Å². The van der Waals surface area contributed by atoms with Crippen LogP contribution in [-0.4, -0.2) is 16.1 Å². The molecule has 5 nitrogen and oxygen atoms in total. The Hall–Kier alpha value is -2.21. The average molecular weight is 247 g/mol. The van der Waals surface area contributed by atoms with E-state index in [4.69, 9.17) is 18.0 Å². The molecule has 0 aliphatic heterocycles. The number of rotatable bonds is 3. The minimum atomic E-state index is -0.332. The molecule has 86 valence electrons. The maximum atomic E-state index is 11.6. The summed E-state index contributed by atoms with van der Waals surface area (Å²) in [7, 11) is 0. The smallest absolute Gasteiger partial charge is 0.277 e. The first-order valence-electron chi connectivity index (χ1n) is 4.78. The molecular weight excluding hydrogens is 238 g/mol. The highest BCUT2D eigenvalue weighted by Gasteiger charge is 2.08. The molecule has 0 aliphatic carbocycles. The maximum Gasteiger partial charge on any atom is 0.277 e. The predicted octanol–water partition coefficient (Wildman–Crippen LogP) is 1.56. The lowest BCUT2D eigenvalue weighted by Gasteiger charge is -2.03. The van der Waals surface area contributed by atoms with E-state index in [1.165, 1.54) is 12.3 Å². The summed E-state index contributed by atoms with van der Waals surface area (Å²) < 4.78 is 4.58. The van der Waals surface area contributed by atoms with Gasteiger partial charge in [0.15, 0.2) is 5.69 Å². The van der Waals surface area contributed by atoms with Gasteiger partial charge >= 0.3 is 0 Å². The minimum absolute atomic E-state index is 0.225. The summed E-state index contributed by atoms with van der Waals surface area (Å²) in [5.41, 5.74) is 7.08. The van der Waals surface area contributed by atoms with Gasteiger partial charge in [0.05, 0.1) is 0 Å². The molecule has 0 unspecified atom stereocenters. The highest BCUT2D eigenvalue weighted by Crippen LogP contribution is 2.10. The van der Waals surface area contributed by atoms with E-state index in [-0.39, 0.29) is 11.6 Å². The number of amides is 1. The Morgan fingerprint density at radius 2 is 2.00 bits per heavy atom. The second kappa shape index (κ2) is 4.75. The van der Waals surface area contributed by atoms with Gasteiger partial charge in [-0.2, -0.15) is 0 Å². The Morgan fingerprint density at radius 3 is 2.53 bits per heavy atom. The molecule has 6 heteroatoms. The number of nitrogens with zero attached hydrogens (tertiary/aromatic N) is 1. The van der Waals surface area contributed by atoms with Crippen LogP contribution in [0.3, 0.4) is 0 Å². The van der Waals surface area contributed by atoms with E-state index in [1.54, 1.807) is 24.3 Å². The molecule has 2 aromatic rings. The van der Waals surface area contributed by atoms with Gasteiger partial charge in [0.25, 0.3) is 5.91 Å². The first kappa shape index (κ1) is 11.3. The van der Waals surface area contributed by atoms with Gasteiger partial charge in [-0.1, -0.05) is 17.4 Å². The molecule has 1 amide bonds. The number of carbonyl (C=O) groups is 1. The van der Waals surface area contributed by atoms with Gasteiger partial charge in [0, 0.05) is 17.3 Å². The highest BCUT2D eigenvalue weighted by molar-refractivity contribution is 7.80. The van der Waals surface area contributed by atoms with Crippen molar-refractivity contribution in [3.05, 3.63) is 47.9 Å². The predicted molar refractivity (Wildman–Crippen MR) is 66.8 cm³/mol. The molecular formula is C11H9N3O2S. The molecule has 1 aromatic heterocycles. The summed E-state index contributed by atoms with van der Waals surface area (Å²) >= 11 is 4.83. The molecule has 0 saturated heterocycles. The Morgan fingerprint density at radius 1 is 1.29 bits per heavy atom. The van der Waals surface area contributed by atoms with Crippen molar-refractivity contribution in [1.82, 2.24) is 5.16 Å². The summed E-state index contributed by atoms with van der Waals surface area (Å²) in [6.45, 7) is 0. The van der Waals surface area contributed by atoms with E-state index in [0.717, 1.165) is 5.56 Å². The first-order chi connectivity index (χ1) is 8.16. The Balaban J connectivity index is 2.09. The van der Waals surface area contributed by atoms with Gasteiger partial charge in [-0.3, -0.25) is 4.79 Å². The van der Waals surface area contributed by atoms with Gasteiger partial charge in [-0.25, -0.2) is 0 Å². The lowest BCUT2D eigenvalue weighted by Crippen LogP contribution is -2.13. The fraction of sp³-hybridized carbons (Fsp3) is 0. The van der Waals surface area contributed by atoms with Crippen molar-refractivity contribution < 1.29 is 9.32 Å². The third kappa shape index (κ3) is 2.67. The lowest BCUT2D eigenvalue weighted by atomic mass is 10.2. The largest absolute Gasteiger partial charge is 0.389 e. The number of benzene rings is 1. The first-order valence-corrected chi connectivity index (χ1v) is 5.19. The van der Waals surface area contributed by atoms with E-state index in [2.05, 4.69) is 15.0 Å². The summed E-state index contributed by atoms with van der Waals surface area (Å²) in [5.74, 6) is -0.332. The van der Waals surface area contributed by atoms with Crippen molar-refractivity contribution >= 4 is 28.8 Å². The fourth-order valence-electron chi connectivity index (χ4n) is 1.24. The number of anilines is 1. The molecule has 0 atom stereocenters. The standard InChI is InChI=1S/C11H9N3O2S/c12-10(17)7-1-3-8(4-2-7)13-11(15)9-5-6-16-14-9/h1-6H,(H2,12,17)(H,13,15). The van der Waals surface area contributed by atoms with Crippen LogP contribution in [0.2, 0.25) is 0 Å². The van der Waals surface area contributed by atoms with E-state index in [9.17, 15) is 4.79 Å². The van der Waals surface area contributed by atoms with E-state index >= 15 is 0 Å². The minimum Gasteiger partial charge on any atom is -0.389 e. The van der Waals surface area contributed by atoms with Crippen molar-refractivity contribution in [2.75, 3.05) is 5.32 Å². The van der Waals surface area contributed by atoms with E-state index in [0.29, 0.717) is 10.7 Å². The van der Waals surface area contributed by atoms with Crippen LogP contribution < -0.4 is 11.1 Å². The molecule has 2 rings (SSSR count). The molecule has 3 N–H and O–H groups in total. The van der Waals surface area contributed by atoms with Gasteiger partial charge in [0.2, 0.25) is 0 Å². The number of thiocarbonyl (C=S) groups is 1. The summed E-state index contributed by atoms with van der Waals surface area (Å²) in [4.78, 5) is 11.9. The Kier molecular flexibility index (Phi) is 3.15. The summed E-state index contributed by atoms with van der Waals surface area (Å²) in [6, 6.07) is 8.39. The van der Waals surface area contributed by atoms with Crippen molar-refractivity contribution in [2.45, 2.75) is 0 Å². The number of hydrogen-bond acceptors (Lipinski definition) is 4. The molecule has 1 heterocycles. The van der Waals surface area contributed by atoms with Crippen LogP contribution in [-0.2, 0) is 0 Å². The van der Waals surface area contributed by atoms with Crippen LogP contribution in [0.1, 0.15) is 16.1 Å². The number of aromatic nitrogens is 1. The lowest BCUT2D eigenvalue weighted by molar-refractivity contribution is 0.101. The third-order valence-electron chi connectivity index (χ3n) is 2.10. The molecule has 0 radical (unpaired) electrons. The zero-order chi connectivity index (χ0) is 12.3. The SMILES string of the molecule is NC(=S)c1ccc(NC(=O)c2ccon2)cc1. The van der Waals surface area contributed by atoms with Gasteiger partial charge in [0.1, 0.15) is 11.3 Å². The highest BCUT2D eigenvalue weighted by atomic mass is 32.1. The Bertz CT molecular complexity index is 534. The zero-order valence-corrected chi connectivity index (χ0v) is 9.53. The van der Waals surface area contributed by atoms with Crippen molar-refractivity contribution in [3.8, 4) is 0 Å². The third-order valence-corrected chi connectivity index (χ3v) is 2.33. The van der Waals surface area contributed by atoms with Crippen LogP contribution in [0, 0.1) is 0 Å². The zero-order valence-electron chi connectivity index (χ0n) is 8.71. The second-order valence-electron chi connectivity index (χ2n) is 3.28. The molecule has 0 bridgehead atoms. The van der Waals surface area contributed by atoms with Crippen LogP contribution >= 0.6 is 12.2 Å². The van der Waals surface area contributed by atoms with Crippen LogP contribution in [0.4, 0.5) is 5.69 Å². The van der Waals surface area contributed by atoms with Gasteiger partial charge < -0.3 is 15.6 Å².